The summed E-state index contributed by atoms with van der Waals surface area (Å²) in [4.78, 5) is 12.2. The number of rotatable bonds is 1. The quantitative estimate of drug-likeness (QED) is 0.732. The zero-order chi connectivity index (χ0) is 15.9. The number of Topliss-reactive ketones (excluding diaryl/α,β-unsaturated/α-hetero) is 1. The second-order valence-electron chi connectivity index (χ2n) is 7.86. The van der Waals surface area contributed by atoms with Crippen LogP contribution in [0.4, 0.5) is 0 Å². The van der Waals surface area contributed by atoms with Gasteiger partial charge in [0.1, 0.15) is 11.9 Å². The Bertz CT molecular complexity index is 497. The molecule has 0 bridgehead atoms. The summed E-state index contributed by atoms with van der Waals surface area (Å²) >= 11 is 0. The van der Waals surface area contributed by atoms with Gasteiger partial charge in [0, 0.05) is 11.3 Å². The first-order valence-corrected chi connectivity index (χ1v) is 8.86. The monoisotopic (exact) mass is 304 g/mol. The number of aliphatic hydroxyl groups excluding tert-OH is 2. The highest BCUT2D eigenvalue weighted by Crippen LogP contribution is 2.57. The Morgan fingerprint density at radius 3 is 2.59 bits per heavy atom. The highest BCUT2D eigenvalue weighted by atomic mass is 16.3. The van der Waals surface area contributed by atoms with Crippen molar-refractivity contribution in [1.82, 2.24) is 0 Å². The Labute approximate surface area is 133 Å². The highest BCUT2D eigenvalue weighted by Gasteiger charge is 2.62. The standard InChI is InChI=1S/C19H28O3/c1-12-17-14(16(21)10-11-19(17,2)18(12)22)8-9-15(20)13-6-4-3-5-7-13/h12-17,20-21H,3-7,10-11H2,1-2H3/t12?,14-,15-,16+,17+,19-/m1/s1. The molecule has 3 saturated carbocycles. The molecule has 0 aliphatic heterocycles. The highest BCUT2D eigenvalue weighted by molar-refractivity contribution is 5.93. The van der Waals surface area contributed by atoms with E-state index in [-0.39, 0.29) is 29.1 Å². The van der Waals surface area contributed by atoms with E-state index in [9.17, 15) is 15.0 Å². The van der Waals surface area contributed by atoms with Crippen LogP contribution in [0.1, 0.15) is 58.8 Å². The molecule has 3 nitrogen and oxygen atoms in total. The maximum atomic E-state index is 12.2. The molecule has 3 rings (SSSR count). The smallest absolute Gasteiger partial charge is 0.142 e. The largest absolute Gasteiger partial charge is 0.392 e. The molecule has 0 radical (unpaired) electrons. The number of hydrogen-bond acceptors (Lipinski definition) is 3. The summed E-state index contributed by atoms with van der Waals surface area (Å²) in [6.45, 7) is 3.98. The van der Waals surface area contributed by atoms with Crippen molar-refractivity contribution in [2.75, 3.05) is 0 Å². The molecule has 0 aromatic heterocycles. The molecule has 6 atom stereocenters. The van der Waals surface area contributed by atoms with Crippen molar-refractivity contribution in [3.63, 3.8) is 0 Å². The molecule has 22 heavy (non-hydrogen) atoms. The summed E-state index contributed by atoms with van der Waals surface area (Å²) in [5.74, 6) is 6.78. The molecule has 3 aliphatic rings. The van der Waals surface area contributed by atoms with Gasteiger partial charge in [0.05, 0.1) is 12.0 Å². The minimum absolute atomic E-state index is 0.00827. The molecular weight excluding hydrogens is 276 g/mol. The van der Waals surface area contributed by atoms with Crippen LogP contribution in [0.2, 0.25) is 0 Å². The lowest BCUT2D eigenvalue weighted by Gasteiger charge is -2.57. The third-order valence-corrected chi connectivity index (χ3v) is 6.51. The van der Waals surface area contributed by atoms with Crippen molar-refractivity contribution in [2.24, 2.45) is 29.1 Å². The van der Waals surface area contributed by atoms with Crippen LogP contribution in [0.25, 0.3) is 0 Å². The van der Waals surface area contributed by atoms with E-state index in [0.717, 1.165) is 19.3 Å². The minimum atomic E-state index is -0.577. The molecule has 3 heteroatoms. The molecule has 0 aromatic carbocycles. The van der Waals surface area contributed by atoms with Gasteiger partial charge < -0.3 is 10.2 Å². The summed E-state index contributed by atoms with van der Waals surface area (Å²) in [6.07, 6.45) is 6.11. The van der Waals surface area contributed by atoms with Crippen molar-refractivity contribution in [2.45, 2.75) is 71.0 Å². The van der Waals surface area contributed by atoms with E-state index in [0.29, 0.717) is 12.2 Å². The number of ketones is 1. The molecule has 3 aliphatic carbocycles. The Balaban J connectivity index is 1.73. The third-order valence-electron chi connectivity index (χ3n) is 6.51. The van der Waals surface area contributed by atoms with Gasteiger partial charge in [-0.3, -0.25) is 4.79 Å². The average molecular weight is 304 g/mol. The molecule has 3 fully saturated rings. The molecule has 0 heterocycles. The first-order chi connectivity index (χ1) is 10.4. The van der Waals surface area contributed by atoms with Crippen molar-refractivity contribution in [3.05, 3.63) is 0 Å². The van der Waals surface area contributed by atoms with Crippen LogP contribution in [0.3, 0.4) is 0 Å². The number of aliphatic hydroxyl groups is 2. The van der Waals surface area contributed by atoms with E-state index in [4.69, 9.17) is 0 Å². The van der Waals surface area contributed by atoms with Crippen molar-refractivity contribution >= 4 is 5.78 Å². The van der Waals surface area contributed by atoms with Gasteiger partial charge in [-0.05, 0) is 37.5 Å². The Hall–Kier alpha value is -0.850. The van der Waals surface area contributed by atoms with Crippen LogP contribution >= 0.6 is 0 Å². The van der Waals surface area contributed by atoms with Crippen LogP contribution in [-0.2, 0) is 4.79 Å². The summed E-state index contributed by atoms with van der Waals surface area (Å²) in [5, 5.41) is 20.7. The summed E-state index contributed by atoms with van der Waals surface area (Å²) in [6, 6.07) is 0. The van der Waals surface area contributed by atoms with Gasteiger partial charge in [0.2, 0.25) is 0 Å². The molecule has 122 valence electrons. The van der Waals surface area contributed by atoms with Gasteiger partial charge in [0.25, 0.3) is 0 Å². The van der Waals surface area contributed by atoms with Crippen LogP contribution in [0, 0.1) is 40.9 Å². The van der Waals surface area contributed by atoms with E-state index >= 15 is 0 Å². The number of fused-ring (bicyclic) bond motifs is 1. The Morgan fingerprint density at radius 1 is 1.23 bits per heavy atom. The van der Waals surface area contributed by atoms with E-state index in [1.165, 1.54) is 19.3 Å². The number of carbonyl (C=O) groups is 1. The fourth-order valence-electron chi connectivity index (χ4n) is 5.10. The Morgan fingerprint density at radius 2 is 1.91 bits per heavy atom. The molecule has 0 aromatic rings. The summed E-state index contributed by atoms with van der Waals surface area (Å²) < 4.78 is 0. The van der Waals surface area contributed by atoms with Crippen LogP contribution < -0.4 is 0 Å². The molecule has 2 N–H and O–H groups in total. The first kappa shape index (κ1) is 16.0. The van der Waals surface area contributed by atoms with Gasteiger partial charge >= 0.3 is 0 Å². The Kier molecular flexibility index (Phi) is 4.36. The second-order valence-corrected chi connectivity index (χ2v) is 7.86. The zero-order valence-electron chi connectivity index (χ0n) is 13.7. The lowest BCUT2D eigenvalue weighted by molar-refractivity contribution is -0.169. The third kappa shape index (κ3) is 2.51. The molecule has 0 amide bonds. The van der Waals surface area contributed by atoms with E-state index in [1.807, 2.05) is 13.8 Å². The van der Waals surface area contributed by atoms with Crippen molar-refractivity contribution < 1.29 is 15.0 Å². The van der Waals surface area contributed by atoms with Crippen molar-refractivity contribution in [1.29, 1.82) is 0 Å². The summed E-state index contributed by atoms with van der Waals surface area (Å²) in [5.41, 5.74) is -0.298. The van der Waals surface area contributed by atoms with Crippen molar-refractivity contribution in [3.8, 4) is 11.8 Å². The number of hydrogen-bond donors (Lipinski definition) is 2. The molecule has 0 spiro atoms. The van der Waals surface area contributed by atoms with Gasteiger partial charge in [-0.25, -0.2) is 0 Å². The topological polar surface area (TPSA) is 57.5 Å². The van der Waals surface area contributed by atoms with Gasteiger partial charge in [0.15, 0.2) is 0 Å². The minimum Gasteiger partial charge on any atom is -0.392 e. The van der Waals surface area contributed by atoms with E-state index in [2.05, 4.69) is 11.8 Å². The molecule has 0 saturated heterocycles. The molecule has 1 unspecified atom stereocenters. The van der Waals surface area contributed by atoms with E-state index in [1.54, 1.807) is 0 Å². The first-order valence-electron chi connectivity index (χ1n) is 8.86. The average Bonchev–Trinajstić information content (AvgIpc) is 2.55. The lowest BCUT2D eigenvalue weighted by atomic mass is 9.45. The lowest BCUT2D eigenvalue weighted by Crippen LogP contribution is -2.62. The number of carbonyl (C=O) groups excluding carboxylic acids is 1. The SMILES string of the molecule is CC1C(=O)[C@]2(C)CC[C@H](O)[C@@H](C#C[C@@H](O)C3CCCCC3)[C@H]12. The zero-order valence-corrected chi connectivity index (χ0v) is 13.7. The van der Waals surface area contributed by atoms with Gasteiger partial charge in [-0.15, -0.1) is 0 Å². The summed E-state index contributed by atoms with van der Waals surface area (Å²) in [7, 11) is 0. The maximum absolute atomic E-state index is 12.2. The van der Waals surface area contributed by atoms with Crippen LogP contribution in [0.5, 0.6) is 0 Å². The fourth-order valence-corrected chi connectivity index (χ4v) is 5.10. The van der Waals surface area contributed by atoms with E-state index < -0.39 is 12.2 Å². The molecular formula is C19H28O3. The predicted molar refractivity (Wildman–Crippen MR) is 84.9 cm³/mol. The normalized spacial score (nSPS) is 43.5. The predicted octanol–water partition coefficient (Wildman–Crippen LogP) is 2.54. The second kappa shape index (κ2) is 5.98. The van der Waals surface area contributed by atoms with Crippen LogP contribution in [0.15, 0.2) is 0 Å². The maximum Gasteiger partial charge on any atom is 0.142 e. The van der Waals surface area contributed by atoms with Crippen LogP contribution in [-0.4, -0.2) is 28.2 Å². The van der Waals surface area contributed by atoms with Gasteiger partial charge in [-0.2, -0.15) is 0 Å². The van der Waals surface area contributed by atoms with Gasteiger partial charge in [-0.1, -0.05) is 45.0 Å². The fraction of sp³-hybridized carbons (Fsp3) is 0.842.